The molecule has 0 N–H and O–H groups in total. The van der Waals surface area contributed by atoms with Gasteiger partial charge in [-0.15, -0.1) is 0 Å². The molecule has 7 heteroatoms. The highest BCUT2D eigenvalue weighted by molar-refractivity contribution is 8.75. The third kappa shape index (κ3) is 3.64. The Morgan fingerprint density at radius 2 is 1.72 bits per heavy atom. The Labute approximate surface area is 183 Å². The van der Waals surface area contributed by atoms with E-state index in [1.807, 2.05) is 0 Å². The van der Waals surface area contributed by atoms with E-state index < -0.39 is 5.24 Å². The minimum atomic E-state index is -2.23. The Bertz CT molecular complexity index is 849. The lowest BCUT2D eigenvalue weighted by Crippen LogP contribution is -2.23. The summed E-state index contributed by atoms with van der Waals surface area (Å²) in [5.74, 6) is 1.16. The lowest BCUT2D eigenvalue weighted by molar-refractivity contribution is -0.135. The third-order valence-corrected chi connectivity index (χ3v) is 14.4. The van der Waals surface area contributed by atoms with Gasteiger partial charge >= 0.3 is 5.97 Å². The van der Waals surface area contributed by atoms with Crippen LogP contribution in [0.4, 0.5) is 0 Å². The van der Waals surface area contributed by atoms with Crippen molar-refractivity contribution >= 4 is 34.4 Å². The largest absolute Gasteiger partial charge is 0.468 e. The van der Waals surface area contributed by atoms with E-state index in [9.17, 15) is 4.79 Å². The predicted octanol–water partition coefficient (Wildman–Crippen LogP) is 6.94. The highest BCUT2D eigenvalue weighted by Crippen LogP contribution is 2.84. The van der Waals surface area contributed by atoms with Gasteiger partial charge in [0.05, 0.1) is 30.3 Å². The average molecular weight is 455 g/mol. The number of fused-ring (bicyclic) bond motifs is 2. The summed E-state index contributed by atoms with van der Waals surface area (Å²) in [6.45, 7) is 2.30. The first-order valence-corrected chi connectivity index (χ1v) is 15.0. The third-order valence-electron chi connectivity index (χ3n) is 6.71. The van der Waals surface area contributed by atoms with Crippen LogP contribution >= 0.6 is 16.6 Å². The van der Waals surface area contributed by atoms with Gasteiger partial charge in [0.1, 0.15) is 5.76 Å². The molecule has 1 unspecified atom stereocenters. The van der Waals surface area contributed by atoms with Gasteiger partial charge in [-0.25, -0.2) is 4.79 Å². The number of rotatable bonds is 3. The van der Waals surface area contributed by atoms with Crippen molar-refractivity contribution in [2.45, 2.75) is 77.6 Å². The molecule has 0 amide bonds. The molecule has 0 bridgehead atoms. The van der Waals surface area contributed by atoms with E-state index in [1.165, 1.54) is 44.5 Å². The standard InChI is InChI=1S/C22H31O4PS2/c1-22(13-9-6-10-14-22)19-17(20(23)24-2)18-21(25-3)26-15-11-7-4-5-8-12-16(15)27(18,28)29-19/h4-14H2,1-3H3. The van der Waals surface area contributed by atoms with Crippen LogP contribution in [0.1, 0.15) is 77.6 Å². The fourth-order valence-corrected chi connectivity index (χ4v) is 13.5. The number of hydrogen-bond acceptors (Lipinski definition) is 6. The topological polar surface area (TPSA) is 44.8 Å². The molecule has 0 saturated heterocycles. The average Bonchev–Trinajstić information content (AvgIpc) is 3.03. The molecular weight excluding hydrogens is 423 g/mol. The highest BCUT2D eigenvalue weighted by atomic mass is 32.9. The lowest BCUT2D eigenvalue weighted by Gasteiger charge is -2.36. The van der Waals surface area contributed by atoms with Crippen LogP contribution in [-0.4, -0.2) is 20.2 Å². The molecular formula is C22H31O4PS2. The number of esters is 1. The fraction of sp³-hybridized carbons (Fsp3) is 0.682. The smallest absolute Gasteiger partial charge is 0.339 e. The molecule has 0 aromatic heterocycles. The van der Waals surface area contributed by atoms with E-state index in [-0.39, 0.29) is 11.4 Å². The maximum atomic E-state index is 13.1. The van der Waals surface area contributed by atoms with Crippen molar-refractivity contribution in [1.29, 1.82) is 0 Å². The van der Waals surface area contributed by atoms with Crippen LogP contribution in [0, 0.1) is 5.41 Å². The summed E-state index contributed by atoms with van der Waals surface area (Å²) in [5, 5.41) is -0.122. The Morgan fingerprint density at radius 3 is 2.38 bits per heavy atom. The molecule has 2 aliphatic heterocycles. The monoisotopic (exact) mass is 454 g/mol. The molecule has 2 aliphatic carbocycles. The van der Waals surface area contributed by atoms with Crippen molar-refractivity contribution in [3.8, 4) is 0 Å². The van der Waals surface area contributed by atoms with Crippen LogP contribution in [0.15, 0.2) is 32.8 Å². The fourth-order valence-electron chi connectivity index (χ4n) is 5.08. The molecule has 1 atom stereocenters. The number of allylic oxidation sites excluding steroid dienone is 3. The molecule has 4 rings (SSSR count). The number of carbonyl (C=O) groups is 1. The first-order valence-electron chi connectivity index (χ1n) is 10.8. The molecule has 160 valence electrons. The highest BCUT2D eigenvalue weighted by Gasteiger charge is 2.53. The van der Waals surface area contributed by atoms with Crippen LogP contribution in [0.25, 0.3) is 0 Å². The van der Waals surface area contributed by atoms with E-state index in [0.29, 0.717) is 11.5 Å². The Kier molecular flexibility index (Phi) is 6.26. The second-order valence-corrected chi connectivity index (χ2v) is 15.9. The van der Waals surface area contributed by atoms with E-state index in [0.717, 1.165) is 54.5 Å². The van der Waals surface area contributed by atoms with Crippen LogP contribution in [0.3, 0.4) is 0 Å². The number of hydrogen-bond donors (Lipinski definition) is 0. The van der Waals surface area contributed by atoms with Gasteiger partial charge in [-0.1, -0.05) is 62.2 Å². The molecule has 0 aromatic rings. The van der Waals surface area contributed by atoms with Crippen molar-refractivity contribution in [3.63, 3.8) is 0 Å². The maximum absolute atomic E-state index is 13.1. The predicted molar refractivity (Wildman–Crippen MR) is 122 cm³/mol. The second kappa shape index (κ2) is 8.43. The first kappa shape index (κ1) is 21.5. The summed E-state index contributed by atoms with van der Waals surface area (Å²) >= 11 is 8.28. The Balaban J connectivity index is 1.89. The van der Waals surface area contributed by atoms with Gasteiger partial charge in [0.15, 0.2) is 0 Å². The Hall–Kier alpha value is -0.710. The molecule has 2 heterocycles. The van der Waals surface area contributed by atoms with Crippen molar-refractivity contribution in [1.82, 2.24) is 0 Å². The zero-order chi connectivity index (χ0) is 20.6. The van der Waals surface area contributed by atoms with Crippen LogP contribution in [0.5, 0.6) is 0 Å². The van der Waals surface area contributed by atoms with Crippen LogP contribution in [0.2, 0.25) is 0 Å². The number of methoxy groups -OCH3 is 2. The molecule has 1 fully saturated rings. The van der Waals surface area contributed by atoms with Crippen molar-refractivity contribution in [3.05, 3.63) is 32.8 Å². The van der Waals surface area contributed by atoms with E-state index >= 15 is 0 Å². The molecule has 4 aliphatic rings. The van der Waals surface area contributed by atoms with Gasteiger partial charge in [0, 0.05) is 16.6 Å². The second-order valence-electron chi connectivity index (χ2n) is 8.69. The van der Waals surface area contributed by atoms with Crippen LogP contribution in [-0.2, 0) is 30.8 Å². The summed E-state index contributed by atoms with van der Waals surface area (Å²) in [7, 11) is 3.08. The van der Waals surface area contributed by atoms with Gasteiger partial charge in [0.2, 0.25) is 0 Å². The molecule has 4 nitrogen and oxygen atoms in total. The lowest BCUT2D eigenvalue weighted by atomic mass is 9.74. The van der Waals surface area contributed by atoms with Gasteiger partial charge in [-0.2, -0.15) is 0 Å². The molecule has 29 heavy (non-hydrogen) atoms. The van der Waals surface area contributed by atoms with Crippen molar-refractivity contribution in [2.75, 3.05) is 14.2 Å². The Morgan fingerprint density at radius 1 is 1.07 bits per heavy atom. The van der Waals surface area contributed by atoms with Gasteiger partial charge in [-0.05, 0) is 37.5 Å². The summed E-state index contributed by atoms with van der Waals surface area (Å²) < 4.78 is 17.3. The van der Waals surface area contributed by atoms with E-state index in [1.54, 1.807) is 18.5 Å². The minimum Gasteiger partial charge on any atom is -0.468 e. The first-order chi connectivity index (χ1) is 13.9. The molecule has 1 saturated carbocycles. The zero-order valence-electron chi connectivity index (χ0n) is 17.7. The van der Waals surface area contributed by atoms with Crippen molar-refractivity contribution in [2.24, 2.45) is 5.41 Å². The maximum Gasteiger partial charge on any atom is 0.339 e. The summed E-state index contributed by atoms with van der Waals surface area (Å²) in [4.78, 5) is 14.2. The number of carbonyl (C=O) groups excluding carboxylic acids is 1. The quantitative estimate of drug-likeness (QED) is 0.340. The van der Waals surface area contributed by atoms with E-state index in [2.05, 4.69) is 6.92 Å². The summed E-state index contributed by atoms with van der Waals surface area (Å²) in [6, 6.07) is 0. The normalized spacial score (nSPS) is 29.5. The molecule has 0 spiro atoms. The SMILES string of the molecule is COC(=O)C1=C(C2(C)CCCCC2)SP2(=S)C3=C(CCCCCC3)OC(OC)=C12. The van der Waals surface area contributed by atoms with Crippen molar-refractivity contribution < 1.29 is 19.0 Å². The number of ether oxygens (including phenoxy) is 3. The van der Waals surface area contributed by atoms with Gasteiger partial charge in [-0.3, -0.25) is 0 Å². The van der Waals surface area contributed by atoms with Gasteiger partial charge in [0.25, 0.3) is 5.95 Å². The summed E-state index contributed by atoms with van der Waals surface area (Å²) in [6.07, 6.45) is 12.4. The minimum absolute atomic E-state index is 0.0240. The zero-order valence-corrected chi connectivity index (χ0v) is 20.2. The van der Waals surface area contributed by atoms with Gasteiger partial charge < -0.3 is 14.2 Å². The molecule has 0 radical (unpaired) electrons. The van der Waals surface area contributed by atoms with Crippen LogP contribution < -0.4 is 0 Å². The molecule has 0 aromatic carbocycles. The summed E-state index contributed by atoms with van der Waals surface area (Å²) in [5.41, 5.74) is 0.625. The van der Waals surface area contributed by atoms with E-state index in [4.69, 9.17) is 26.0 Å².